The number of nitrogens with zero attached hydrogens (tertiary/aromatic N) is 3. The molecule has 0 fully saturated rings. The highest BCUT2D eigenvalue weighted by Crippen LogP contribution is 2.31. The molecule has 0 unspecified atom stereocenters. The topological polar surface area (TPSA) is 72.5 Å². The number of hydrogen-bond donors (Lipinski definition) is 1. The van der Waals surface area contributed by atoms with Gasteiger partial charge in [-0.3, -0.25) is 10.1 Å². The second kappa shape index (κ2) is 4.29. The van der Waals surface area contributed by atoms with Gasteiger partial charge in [0.25, 0.3) is 0 Å². The van der Waals surface area contributed by atoms with Gasteiger partial charge in [-0.25, -0.2) is 4.52 Å². The molecule has 2 heterocycles. The van der Waals surface area contributed by atoms with Gasteiger partial charge in [0, 0.05) is 11.7 Å². The number of rotatable bonds is 4. The zero-order chi connectivity index (χ0) is 13.3. The smallest absolute Gasteiger partial charge is 0.338 e. The lowest BCUT2D eigenvalue weighted by atomic mass is 10.0. The van der Waals surface area contributed by atoms with E-state index in [1.54, 1.807) is 24.4 Å². The number of aromatic nitrogens is 2. The standard InChI is InChI=1S/C12H16N4O2/c1-4-12(2,3)13-11-10(16(17)18)9-7-5-6-8-15(9)14-11/h5-8H,4H2,1-3H3,(H,13,14). The van der Waals surface area contributed by atoms with Gasteiger partial charge in [-0.1, -0.05) is 13.0 Å². The first kappa shape index (κ1) is 12.3. The summed E-state index contributed by atoms with van der Waals surface area (Å²) in [5.74, 6) is 0.318. The molecule has 6 nitrogen and oxygen atoms in total. The Labute approximate surface area is 105 Å². The van der Waals surface area contributed by atoms with Gasteiger partial charge in [0.1, 0.15) is 5.52 Å². The van der Waals surface area contributed by atoms with E-state index in [-0.39, 0.29) is 11.2 Å². The van der Waals surface area contributed by atoms with Crippen LogP contribution in [0.5, 0.6) is 0 Å². The normalized spacial score (nSPS) is 11.7. The fourth-order valence-corrected chi connectivity index (χ4v) is 1.66. The molecule has 0 amide bonds. The lowest BCUT2D eigenvalue weighted by Gasteiger charge is -2.23. The highest BCUT2D eigenvalue weighted by Gasteiger charge is 2.27. The average molecular weight is 248 g/mol. The zero-order valence-electron chi connectivity index (χ0n) is 10.7. The van der Waals surface area contributed by atoms with Crippen molar-refractivity contribution in [3.8, 4) is 0 Å². The third kappa shape index (κ3) is 2.13. The Morgan fingerprint density at radius 2 is 2.22 bits per heavy atom. The molecule has 0 atom stereocenters. The minimum absolute atomic E-state index is 0.0251. The first-order chi connectivity index (χ1) is 8.44. The van der Waals surface area contributed by atoms with Crippen LogP contribution in [-0.2, 0) is 0 Å². The predicted octanol–water partition coefficient (Wildman–Crippen LogP) is 2.84. The zero-order valence-corrected chi connectivity index (χ0v) is 10.7. The molecule has 96 valence electrons. The van der Waals surface area contributed by atoms with Gasteiger partial charge in [-0.2, -0.15) is 0 Å². The summed E-state index contributed by atoms with van der Waals surface area (Å²) < 4.78 is 1.52. The van der Waals surface area contributed by atoms with E-state index in [0.29, 0.717) is 11.3 Å². The van der Waals surface area contributed by atoms with Crippen molar-refractivity contribution in [3.63, 3.8) is 0 Å². The minimum Gasteiger partial charge on any atom is -0.358 e. The highest BCUT2D eigenvalue weighted by atomic mass is 16.6. The van der Waals surface area contributed by atoms with Crippen molar-refractivity contribution >= 4 is 17.0 Å². The molecule has 0 saturated carbocycles. The van der Waals surface area contributed by atoms with E-state index in [1.807, 2.05) is 20.8 Å². The Morgan fingerprint density at radius 1 is 1.50 bits per heavy atom. The molecule has 18 heavy (non-hydrogen) atoms. The average Bonchev–Trinajstić information content (AvgIpc) is 2.65. The van der Waals surface area contributed by atoms with Crippen LogP contribution in [0.2, 0.25) is 0 Å². The molecule has 0 spiro atoms. The molecular weight excluding hydrogens is 232 g/mol. The van der Waals surface area contributed by atoms with Crippen molar-refractivity contribution in [2.24, 2.45) is 0 Å². The monoisotopic (exact) mass is 248 g/mol. The van der Waals surface area contributed by atoms with Gasteiger partial charge in [-0.05, 0) is 32.4 Å². The number of fused-ring (bicyclic) bond motifs is 1. The van der Waals surface area contributed by atoms with Crippen LogP contribution in [0.4, 0.5) is 11.5 Å². The van der Waals surface area contributed by atoms with E-state index in [9.17, 15) is 10.1 Å². The molecule has 0 aliphatic heterocycles. The summed E-state index contributed by atoms with van der Waals surface area (Å²) in [5.41, 5.74) is 0.289. The van der Waals surface area contributed by atoms with Crippen molar-refractivity contribution in [3.05, 3.63) is 34.5 Å². The number of pyridine rings is 1. The molecule has 2 rings (SSSR count). The number of nitrogens with one attached hydrogen (secondary N) is 1. The number of anilines is 1. The molecule has 0 aromatic carbocycles. The molecule has 0 aliphatic carbocycles. The minimum atomic E-state index is -0.392. The van der Waals surface area contributed by atoms with E-state index in [4.69, 9.17) is 0 Å². The molecule has 0 bridgehead atoms. The first-order valence-corrected chi connectivity index (χ1v) is 5.84. The highest BCUT2D eigenvalue weighted by molar-refractivity contribution is 5.76. The van der Waals surface area contributed by atoms with Crippen LogP contribution >= 0.6 is 0 Å². The van der Waals surface area contributed by atoms with Crippen LogP contribution < -0.4 is 5.32 Å². The third-order valence-electron chi connectivity index (χ3n) is 3.04. The van der Waals surface area contributed by atoms with Gasteiger partial charge in [0.2, 0.25) is 5.82 Å². The van der Waals surface area contributed by atoms with Crippen molar-refractivity contribution in [1.29, 1.82) is 0 Å². The van der Waals surface area contributed by atoms with Gasteiger partial charge < -0.3 is 5.32 Å². The first-order valence-electron chi connectivity index (χ1n) is 5.84. The van der Waals surface area contributed by atoms with Crippen LogP contribution in [0.3, 0.4) is 0 Å². The van der Waals surface area contributed by atoms with Gasteiger partial charge in [0.15, 0.2) is 0 Å². The quantitative estimate of drug-likeness (QED) is 0.667. The summed E-state index contributed by atoms with van der Waals surface area (Å²) in [6.07, 6.45) is 2.55. The maximum Gasteiger partial charge on any atom is 0.338 e. The van der Waals surface area contributed by atoms with Crippen LogP contribution in [0.1, 0.15) is 27.2 Å². The van der Waals surface area contributed by atoms with Gasteiger partial charge >= 0.3 is 5.69 Å². The molecule has 0 radical (unpaired) electrons. The van der Waals surface area contributed by atoms with Gasteiger partial charge in [-0.15, -0.1) is 5.10 Å². The van der Waals surface area contributed by atoms with Gasteiger partial charge in [0.05, 0.1) is 4.92 Å². The predicted molar refractivity (Wildman–Crippen MR) is 69.8 cm³/mol. The lowest BCUT2D eigenvalue weighted by molar-refractivity contribution is -0.382. The van der Waals surface area contributed by atoms with Crippen molar-refractivity contribution < 1.29 is 4.92 Å². The maximum atomic E-state index is 11.2. The van der Waals surface area contributed by atoms with Crippen molar-refractivity contribution in [2.45, 2.75) is 32.7 Å². The Hall–Kier alpha value is -2.11. The Kier molecular flexibility index (Phi) is 2.94. The van der Waals surface area contributed by atoms with Crippen LogP contribution in [-0.4, -0.2) is 20.1 Å². The van der Waals surface area contributed by atoms with Crippen LogP contribution in [0.15, 0.2) is 24.4 Å². The summed E-state index contributed by atoms with van der Waals surface area (Å²) in [6.45, 7) is 6.00. The maximum absolute atomic E-state index is 11.2. The van der Waals surface area contributed by atoms with Crippen molar-refractivity contribution in [1.82, 2.24) is 9.61 Å². The third-order valence-corrected chi connectivity index (χ3v) is 3.04. The second-order valence-corrected chi connectivity index (χ2v) is 4.85. The number of nitro groups is 1. The Bertz CT molecular complexity index is 589. The van der Waals surface area contributed by atoms with E-state index in [0.717, 1.165) is 6.42 Å². The van der Waals surface area contributed by atoms with E-state index >= 15 is 0 Å². The molecule has 0 aliphatic rings. The molecular formula is C12H16N4O2. The molecule has 2 aromatic rings. The fraction of sp³-hybridized carbons (Fsp3) is 0.417. The fourth-order valence-electron chi connectivity index (χ4n) is 1.66. The van der Waals surface area contributed by atoms with Crippen molar-refractivity contribution in [2.75, 3.05) is 5.32 Å². The Balaban J connectivity index is 2.56. The van der Waals surface area contributed by atoms with E-state index in [2.05, 4.69) is 10.4 Å². The molecule has 2 aromatic heterocycles. The summed E-state index contributed by atoms with van der Waals surface area (Å²) in [5, 5.41) is 18.5. The molecule has 1 N–H and O–H groups in total. The van der Waals surface area contributed by atoms with Crippen LogP contribution in [0, 0.1) is 10.1 Å². The van der Waals surface area contributed by atoms with E-state index < -0.39 is 4.92 Å². The SMILES string of the molecule is CCC(C)(C)Nc1nn2ccccc2c1[N+](=O)[O-]. The van der Waals surface area contributed by atoms with Crippen LogP contribution in [0.25, 0.3) is 5.52 Å². The molecule has 6 heteroatoms. The Morgan fingerprint density at radius 3 is 2.83 bits per heavy atom. The summed E-state index contributed by atoms with van der Waals surface area (Å²) in [6, 6.07) is 5.24. The summed E-state index contributed by atoms with van der Waals surface area (Å²) in [7, 11) is 0. The summed E-state index contributed by atoms with van der Waals surface area (Å²) >= 11 is 0. The lowest BCUT2D eigenvalue weighted by Crippen LogP contribution is -2.30. The van der Waals surface area contributed by atoms with E-state index in [1.165, 1.54) is 4.52 Å². The number of hydrogen-bond acceptors (Lipinski definition) is 4. The summed E-state index contributed by atoms with van der Waals surface area (Å²) in [4.78, 5) is 10.8. The largest absolute Gasteiger partial charge is 0.358 e. The molecule has 0 saturated heterocycles. The second-order valence-electron chi connectivity index (χ2n) is 4.85.